The summed E-state index contributed by atoms with van der Waals surface area (Å²) in [5.74, 6) is -1.23. The number of halogens is 2. The minimum Gasteiger partial charge on any atom is -0.352 e. The number of carbonyl (C=O) groups is 4. The molecule has 1 N–H and O–H groups in total. The molecule has 4 amide bonds. The number of benzene rings is 3. The molecule has 218 valence electrons. The van der Waals surface area contributed by atoms with Gasteiger partial charge in [-0.2, -0.15) is 0 Å². The van der Waals surface area contributed by atoms with E-state index in [-0.39, 0.29) is 55.6 Å². The van der Waals surface area contributed by atoms with Gasteiger partial charge >= 0.3 is 0 Å². The van der Waals surface area contributed by atoms with Crippen molar-refractivity contribution in [1.29, 1.82) is 0 Å². The third kappa shape index (κ3) is 6.69. The molecule has 0 bridgehead atoms. The molecule has 0 radical (unpaired) electrons. The smallest absolute Gasteiger partial charge is 0.261 e. The van der Waals surface area contributed by atoms with Gasteiger partial charge < -0.3 is 10.2 Å². The molecule has 9 heteroatoms. The molecular weight excluding hydrogens is 573 g/mol. The molecule has 5 rings (SSSR count). The second kappa shape index (κ2) is 13.5. The number of fused-ring (bicyclic) bond motifs is 1. The van der Waals surface area contributed by atoms with Crippen LogP contribution in [0.3, 0.4) is 0 Å². The van der Waals surface area contributed by atoms with Crippen LogP contribution in [0.5, 0.6) is 0 Å². The van der Waals surface area contributed by atoms with Crippen LogP contribution < -0.4 is 5.32 Å². The fourth-order valence-corrected chi connectivity index (χ4v) is 6.27. The Morgan fingerprint density at radius 1 is 0.857 bits per heavy atom. The van der Waals surface area contributed by atoms with E-state index in [1.807, 2.05) is 30.3 Å². The second-order valence-corrected chi connectivity index (χ2v) is 11.6. The Morgan fingerprint density at radius 3 is 2.07 bits per heavy atom. The van der Waals surface area contributed by atoms with E-state index < -0.39 is 6.04 Å². The highest BCUT2D eigenvalue weighted by molar-refractivity contribution is 6.36. The lowest BCUT2D eigenvalue weighted by molar-refractivity contribution is -0.141. The Balaban J connectivity index is 1.38. The summed E-state index contributed by atoms with van der Waals surface area (Å²) in [6.07, 6.45) is 4.53. The minimum absolute atomic E-state index is 0.0253. The highest BCUT2D eigenvalue weighted by atomic mass is 35.5. The van der Waals surface area contributed by atoms with Crippen LogP contribution in [0.15, 0.2) is 72.8 Å². The Hall–Kier alpha value is -3.68. The molecule has 0 spiro atoms. The third-order valence-electron chi connectivity index (χ3n) is 8.01. The summed E-state index contributed by atoms with van der Waals surface area (Å²) in [5.41, 5.74) is 2.21. The highest BCUT2D eigenvalue weighted by Crippen LogP contribution is 2.28. The average molecular weight is 607 g/mol. The first-order valence-electron chi connectivity index (χ1n) is 14.4. The van der Waals surface area contributed by atoms with Gasteiger partial charge in [-0.25, -0.2) is 0 Å². The topological polar surface area (TPSA) is 86.8 Å². The van der Waals surface area contributed by atoms with Gasteiger partial charge in [0.15, 0.2) is 0 Å². The van der Waals surface area contributed by atoms with Crippen molar-refractivity contribution in [1.82, 2.24) is 15.1 Å². The first-order valence-corrected chi connectivity index (χ1v) is 15.1. The number of hydrogen-bond donors (Lipinski definition) is 1. The SMILES string of the molecule is O=C(NC1CCCC1)[C@H](Cc1ccccc1)N(Cc1c(Cl)cccc1Cl)C(=O)CCCN1C(=O)c2ccccc2C1=O. The van der Waals surface area contributed by atoms with Crippen LogP contribution in [0.2, 0.25) is 10.0 Å². The standard InChI is InChI=1S/C33H33Cl2N3O4/c34-27-16-8-17-28(35)26(27)21-38(29(20-22-10-2-1-3-11-22)31(40)36-23-12-4-5-13-23)30(39)18-9-19-37-32(41)24-14-6-7-15-25(24)33(37)42/h1-3,6-8,10-11,14-17,23,29H,4-5,9,12-13,18-21H2,(H,36,40)/t29-/m0/s1. The maximum Gasteiger partial charge on any atom is 0.261 e. The number of hydrogen-bond acceptors (Lipinski definition) is 4. The molecule has 3 aromatic carbocycles. The molecule has 0 aromatic heterocycles. The van der Waals surface area contributed by atoms with E-state index in [1.54, 1.807) is 47.4 Å². The van der Waals surface area contributed by atoms with Crippen molar-refractivity contribution in [2.24, 2.45) is 0 Å². The number of nitrogens with one attached hydrogen (secondary N) is 1. The van der Waals surface area contributed by atoms with Gasteiger partial charge in [0.05, 0.1) is 11.1 Å². The molecule has 0 saturated heterocycles. The van der Waals surface area contributed by atoms with E-state index in [2.05, 4.69) is 5.32 Å². The van der Waals surface area contributed by atoms with Crippen LogP contribution in [-0.2, 0) is 22.6 Å². The maximum atomic E-state index is 14.0. The van der Waals surface area contributed by atoms with Crippen LogP contribution in [0.4, 0.5) is 0 Å². The normalized spacial score (nSPS) is 15.5. The van der Waals surface area contributed by atoms with Gasteiger partial charge in [0, 0.05) is 47.6 Å². The zero-order chi connectivity index (χ0) is 29.6. The van der Waals surface area contributed by atoms with Crippen molar-refractivity contribution < 1.29 is 19.2 Å². The lowest BCUT2D eigenvalue weighted by Gasteiger charge is -2.33. The molecule has 1 fully saturated rings. The van der Waals surface area contributed by atoms with E-state index >= 15 is 0 Å². The van der Waals surface area contributed by atoms with E-state index in [0.29, 0.717) is 33.2 Å². The molecule has 7 nitrogen and oxygen atoms in total. The van der Waals surface area contributed by atoms with Gasteiger partial charge in [-0.1, -0.05) is 84.6 Å². The van der Waals surface area contributed by atoms with E-state index in [0.717, 1.165) is 31.2 Å². The minimum atomic E-state index is -0.813. The molecule has 42 heavy (non-hydrogen) atoms. The maximum absolute atomic E-state index is 14.0. The first-order chi connectivity index (χ1) is 20.3. The van der Waals surface area contributed by atoms with Gasteiger partial charge in [-0.05, 0) is 49.1 Å². The van der Waals surface area contributed by atoms with E-state index in [9.17, 15) is 19.2 Å². The number of carbonyl (C=O) groups excluding carboxylic acids is 4. The predicted molar refractivity (Wildman–Crippen MR) is 162 cm³/mol. The van der Waals surface area contributed by atoms with Crippen LogP contribution in [-0.4, -0.2) is 52.1 Å². The van der Waals surface area contributed by atoms with Gasteiger partial charge in [0.2, 0.25) is 11.8 Å². The van der Waals surface area contributed by atoms with Gasteiger partial charge in [0.1, 0.15) is 6.04 Å². The number of rotatable bonds is 11. The molecular formula is C33H33Cl2N3O4. The van der Waals surface area contributed by atoms with E-state index in [4.69, 9.17) is 23.2 Å². The van der Waals surface area contributed by atoms with E-state index in [1.165, 1.54) is 4.90 Å². The van der Waals surface area contributed by atoms with Crippen LogP contribution in [0.25, 0.3) is 0 Å². The molecule has 1 atom stereocenters. The Bertz CT molecular complexity index is 1420. The molecule has 1 aliphatic carbocycles. The van der Waals surface area contributed by atoms with Crippen LogP contribution >= 0.6 is 23.2 Å². The summed E-state index contributed by atoms with van der Waals surface area (Å²) in [5, 5.41) is 3.98. The Labute approximate surface area is 255 Å². The Kier molecular flexibility index (Phi) is 9.60. The summed E-state index contributed by atoms with van der Waals surface area (Å²) in [6, 6.07) is 20.7. The van der Waals surface area contributed by atoms with Crippen molar-refractivity contribution in [2.75, 3.05) is 6.54 Å². The van der Waals surface area contributed by atoms with Gasteiger partial charge in [-0.3, -0.25) is 24.1 Å². The van der Waals surface area contributed by atoms with Crippen LogP contribution in [0, 0.1) is 0 Å². The molecule has 2 aliphatic rings. The Morgan fingerprint density at radius 2 is 1.45 bits per heavy atom. The third-order valence-corrected chi connectivity index (χ3v) is 8.72. The fraction of sp³-hybridized carbons (Fsp3) is 0.333. The van der Waals surface area contributed by atoms with Crippen molar-refractivity contribution in [3.8, 4) is 0 Å². The summed E-state index contributed by atoms with van der Waals surface area (Å²) in [4.78, 5) is 56.2. The van der Waals surface area contributed by atoms with Crippen molar-refractivity contribution >= 4 is 46.8 Å². The van der Waals surface area contributed by atoms with Crippen molar-refractivity contribution in [3.63, 3.8) is 0 Å². The molecule has 3 aromatic rings. The fourth-order valence-electron chi connectivity index (χ4n) is 5.75. The lowest BCUT2D eigenvalue weighted by Crippen LogP contribution is -2.52. The quantitative estimate of drug-likeness (QED) is 0.269. The molecule has 1 saturated carbocycles. The number of nitrogens with zero attached hydrogens (tertiary/aromatic N) is 2. The summed E-state index contributed by atoms with van der Waals surface area (Å²) < 4.78 is 0. The summed E-state index contributed by atoms with van der Waals surface area (Å²) >= 11 is 13.0. The lowest BCUT2D eigenvalue weighted by atomic mass is 10.0. The highest BCUT2D eigenvalue weighted by Gasteiger charge is 2.36. The van der Waals surface area contributed by atoms with Crippen LogP contribution in [0.1, 0.15) is 70.4 Å². The number of imide groups is 1. The second-order valence-electron chi connectivity index (χ2n) is 10.8. The average Bonchev–Trinajstić information content (AvgIpc) is 3.59. The monoisotopic (exact) mass is 605 g/mol. The van der Waals surface area contributed by atoms with Crippen molar-refractivity contribution in [2.45, 2.75) is 63.6 Å². The number of amides is 4. The molecule has 1 heterocycles. The van der Waals surface area contributed by atoms with Crippen molar-refractivity contribution in [3.05, 3.63) is 105 Å². The van der Waals surface area contributed by atoms with Gasteiger partial charge in [-0.15, -0.1) is 0 Å². The first kappa shape index (κ1) is 29.8. The summed E-state index contributed by atoms with van der Waals surface area (Å²) in [6.45, 7) is 0.135. The predicted octanol–water partition coefficient (Wildman–Crippen LogP) is 6.07. The molecule has 0 unspecified atom stereocenters. The zero-order valence-electron chi connectivity index (χ0n) is 23.2. The zero-order valence-corrected chi connectivity index (χ0v) is 24.7. The molecule has 1 aliphatic heterocycles. The largest absolute Gasteiger partial charge is 0.352 e. The van der Waals surface area contributed by atoms with Gasteiger partial charge in [0.25, 0.3) is 11.8 Å². The summed E-state index contributed by atoms with van der Waals surface area (Å²) in [7, 11) is 0.